The molecule has 1 N–H and O–H groups in total. The molecule has 0 fully saturated rings. The summed E-state index contributed by atoms with van der Waals surface area (Å²) in [5.41, 5.74) is 3.33. The standard InChI is InChI=1S/C16H18ClNO/c1-3-19-15-8-5-13(6-9-15)11-18-14-7-4-12(2)16(17)10-14/h4-10,18H,3,11H2,1-2H3. The van der Waals surface area contributed by atoms with E-state index in [1.807, 2.05) is 44.2 Å². The van der Waals surface area contributed by atoms with Gasteiger partial charge in [0, 0.05) is 17.3 Å². The van der Waals surface area contributed by atoms with Gasteiger partial charge in [-0.05, 0) is 49.2 Å². The van der Waals surface area contributed by atoms with Crippen molar-refractivity contribution in [2.24, 2.45) is 0 Å². The number of benzene rings is 2. The van der Waals surface area contributed by atoms with Crippen LogP contribution in [0.5, 0.6) is 5.75 Å². The Morgan fingerprint density at radius 1 is 1.11 bits per heavy atom. The van der Waals surface area contributed by atoms with Crippen molar-refractivity contribution in [3.63, 3.8) is 0 Å². The van der Waals surface area contributed by atoms with Crippen LogP contribution in [-0.2, 0) is 6.54 Å². The molecule has 0 bridgehead atoms. The second-order valence-corrected chi connectivity index (χ2v) is 4.80. The van der Waals surface area contributed by atoms with Crippen LogP contribution in [0.3, 0.4) is 0 Å². The molecular weight excluding hydrogens is 258 g/mol. The zero-order valence-corrected chi connectivity index (χ0v) is 12.0. The highest BCUT2D eigenvalue weighted by molar-refractivity contribution is 6.31. The van der Waals surface area contributed by atoms with Crippen LogP contribution in [0.4, 0.5) is 5.69 Å². The number of anilines is 1. The lowest BCUT2D eigenvalue weighted by Crippen LogP contribution is -1.99. The summed E-state index contributed by atoms with van der Waals surface area (Å²) in [7, 11) is 0. The Morgan fingerprint density at radius 2 is 1.84 bits per heavy atom. The number of aryl methyl sites for hydroxylation is 1. The van der Waals surface area contributed by atoms with Crippen LogP contribution in [0, 0.1) is 6.92 Å². The first-order valence-electron chi connectivity index (χ1n) is 6.41. The Labute approximate surface area is 119 Å². The minimum atomic E-state index is 0.694. The van der Waals surface area contributed by atoms with Crippen LogP contribution in [0.2, 0.25) is 5.02 Å². The highest BCUT2D eigenvalue weighted by Crippen LogP contribution is 2.20. The lowest BCUT2D eigenvalue weighted by atomic mass is 10.2. The van der Waals surface area contributed by atoms with Crippen molar-refractivity contribution >= 4 is 17.3 Å². The zero-order chi connectivity index (χ0) is 13.7. The van der Waals surface area contributed by atoms with E-state index < -0.39 is 0 Å². The SMILES string of the molecule is CCOc1ccc(CNc2ccc(C)c(Cl)c2)cc1. The molecular formula is C16H18ClNO. The fraction of sp³-hybridized carbons (Fsp3) is 0.250. The minimum Gasteiger partial charge on any atom is -0.494 e. The van der Waals surface area contributed by atoms with Gasteiger partial charge in [0.1, 0.15) is 5.75 Å². The molecule has 0 spiro atoms. The van der Waals surface area contributed by atoms with Gasteiger partial charge in [-0.25, -0.2) is 0 Å². The highest BCUT2D eigenvalue weighted by atomic mass is 35.5. The van der Waals surface area contributed by atoms with E-state index >= 15 is 0 Å². The second-order valence-electron chi connectivity index (χ2n) is 4.39. The van der Waals surface area contributed by atoms with Gasteiger partial charge in [-0.2, -0.15) is 0 Å². The fourth-order valence-corrected chi connectivity index (χ4v) is 1.96. The lowest BCUT2D eigenvalue weighted by molar-refractivity contribution is 0.340. The van der Waals surface area contributed by atoms with Crippen molar-refractivity contribution in [2.45, 2.75) is 20.4 Å². The minimum absolute atomic E-state index is 0.694. The Bertz CT molecular complexity index is 537. The van der Waals surface area contributed by atoms with E-state index in [9.17, 15) is 0 Å². The van der Waals surface area contributed by atoms with Crippen LogP contribution in [0.15, 0.2) is 42.5 Å². The molecule has 0 aliphatic carbocycles. The molecule has 2 rings (SSSR count). The molecule has 100 valence electrons. The number of hydrogen-bond acceptors (Lipinski definition) is 2. The molecule has 0 saturated carbocycles. The summed E-state index contributed by atoms with van der Waals surface area (Å²) in [5, 5.41) is 4.14. The molecule has 19 heavy (non-hydrogen) atoms. The average molecular weight is 276 g/mol. The number of hydrogen-bond donors (Lipinski definition) is 1. The van der Waals surface area contributed by atoms with Crippen molar-refractivity contribution in [1.82, 2.24) is 0 Å². The normalized spacial score (nSPS) is 10.3. The summed E-state index contributed by atoms with van der Waals surface area (Å²) in [6.45, 7) is 5.44. The number of nitrogens with one attached hydrogen (secondary N) is 1. The van der Waals surface area contributed by atoms with Gasteiger partial charge in [0.2, 0.25) is 0 Å². The zero-order valence-electron chi connectivity index (χ0n) is 11.2. The molecule has 2 aromatic rings. The van der Waals surface area contributed by atoms with E-state index in [4.69, 9.17) is 16.3 Å². The topological polar surface area (TPSA) is 21.3 Å². The Kier molecular flexibility index (Phi) is 4.69. The van der Waals surface area contributed by atoms with Gasteiger partial charge < -0.3 is 10.1 Å². The Morgan fingerprint density at radius 3 is 2.47 bits per heavy atom. The van der Waals surface area contributed by atoms with Gasteiger partial charge >= 0.3 is 0 Å². The molecule has 0 saturated heterocycles. The van der Waals surface area contributed by atoms with E-state index in [-0.39, 0.29) is 0 Å². The quantitative estimate of drug-likeness (QED) is 0.857. The van der Waals surface area contributed by atoms with Crippen LogP contribution in [-0.4, -0.2) is 6.61 Å². The smallest absolute Gasteiger partial charge is 0.119 e. The first-order chi connectivity index (χ1) is 9.19. The Hall–Kier alpha value is -1.67. The molecule has 0 unspecified atom stereocenters. The van der Waals surface area contributed by atoms with E-state index in [0.717, 1.165) is 28.6 Å². The van der Waals surface area contributed by atoms with Gasteiger partial charge in [0.15, 0.2) is 0 Å². The maximum Gasteiger partial charge on any atom is 0.119 e. The molecule has 2 nitrogen and oxygen atoms in total. The number of ether oxygens (including phenoxy) is 1. The van der Waals surface area contributed by atoms with E-state index in [1.165, 1.54) is 5.56 Å². The average Bonchev–Trinajstić information content (AvgIpc) is 2.42. The van der Waals surface area contributed by atoms with E-state index in [0.29, 0.717) is 6.61 Å². The van der Waals surface area contributed by atoms with Gasteiger partial charge in [0.25, 0.3) is 0 Å². The monoisotopic (exact) mass is 275 g/mol. The first-order valence-corrected chi connectivity index (χ1v) is 6.78. The molecule has 0 heterocycles. The highest BCUT2D eigenvalue weighted by Gasteiger charge is 1.99. The van der Waals surface area contributed by atoms with Crippen LogP contribution >= 0.6 is 11.6 Å². The van der Waals surface area contributed by atoms with Crippen molar-refractivity contribution in [3.8, 4) is 5.75 Å². The molecule has 0 radical (unpaired) electrons. The first kappa shape index (κ1) is 13.8. The molecule has 0 amide bonds. The van der Waals surface area contributed by atoms with Gasteiger partial charge in [0.05, 0.1) is 6.61 Å². The Balaban J connectivity index is 1.96. The van der Waals surface area contributed by atoms with Crippen molar-refractivity contribution in [3.05, 3.63) is 58.6 Å². The van der Waals surface area contributed by atoms with E-state index in [1.54, 1.807) is 0 Å². The van der Waals surface area contributed by atoms with Gasteiger partial charge in [-0.15, -0.1) is 0 Å². The molecule has 3 heteroatoms. The van der Waals surface area contributed by atoms with Crippen LogP contribution in [0.25, 0.3) is 0 Å². The maximum atomic E-state index is 6.09. The summed E-state index contributed by atoms with van der Waals surface area (Å²) >= 11 is 6.09. The number of rotatable bonds is 5. The molecule has 0 atom stereocenters. The largest absolute Gasteiger partial charge is 0.494 e. The van der Waals surface area contributed by atoms with Gasteiger partial charge in [-0.3, -0.25) is 0 Å². The summed E-state index contributed by atoms with van der Waals surface area (Å²) in [4.78, 5) is 0. The van der Waals surface area contributed by atoms with Crippen molar-refractivity contribution < 1.29 is 4.74 Å². The maximum absolute atomic E-state index is 6.09. The van der Waals surface area contributed by atoms with Crippen molar-refractivity contribution in [1.29, 1.82) is 0 Å². The van der Waals surface area contributed by atoms with Crippen molar-refractivity contribution in [2.75, 3.05) is 11.9 Å². The second kappa shape index (κ2) is 6.48. The lowest BCUT2D eigenvalue weighted by Gasteiger charge is -2.09. The third-order valence-electron chi connectivity index (χ3n) is 2.90. The molecule has 0 aliphatic rings. The molecule has 0 aliphatic heterocycles. The molecule has 0 aromatic heterocycles. The van der Waals surface area contributed by atoms with Gasteiger partial charge in [-0.1, -0.05) is 29.8 Å². The summed E-state index contributed by atoms with van der Waals surface area (Å²) in [6, 6.07) is 14.1. The fourth-order valence-electron chi connectivity index (χ4n) is 1.78. The number of halogens is 1. The third kappa shape index (κ3) is 3.90. The van der Waals surface area contributed by atoms with E-state index in [2.05, 4.69) is 17.4 Å². The predicted molar refractivity (Wildman–Crippen MR) is 81.1 cm³/mol. The summed E-state index contributed by atoms with van der Waals surface area (Å²) < 4.78 is 5.41. The summed E-state index contributed by atoms with van der Waals surface area (Å²) in [6.07, 6.45) is 0. The van der Waals surface area contributed by atoms with Crippen LogP contribution in [0.1, 0.15) is 18.1 Å². The third-order valence-corrected chi connectivity index (χ3v) is 3.31. The summed E-state index contributed by atoms with van der Waals surface area (Å²) in [5.74, 6) is 0.907. The predicted octanol–water partition coefficient (Wildman–Crippen LogP) is 4.66. The molecule has 2 aromatic carbocycles. The van der Waals surface area contributed by atoms with Crippen LogP contribution < -0.4 is 10.1 Å².